The Kier molecular flexibility index (Phi) is 4.58. The van der Waals surface area contributed by atoms with E-state index in [-0.39, 0.29) is 12.2 Å². The number of hydrogen-bond acceptors (Lipinski definition) is 6. The predicted molar refractivity (Wildman–Crippen MR) is 100 cm³/mol. The van der Waals surface area contributed by atoms with E-state index in [0.717, 1.165) is 65.2 Å². The Morgan fingerprint density at radius 2 is 1.73 bits per heavy atom. The smallest absolute Gasteiger partial charge is 0.0703 e. The molecule has 26 heavy (non-hydrogen) atoms. The monoisotopic (exact) mass is 364 g/mol. The van der Waals surface area contributed by atoms with Gasteiger partial charge < -0.3 is 10.2 Å². The molecule has 2 aliphatic carbocycles. The molecular formula is C20H36N4O2. The largest absolute Gasteiger partial charge is 0.393 e. The third-order valence-electron chi connectivity index (χ3n) is 8.18. The quantitative estimate of drug-likeness (QED) is 0.687. The Balaban J connectivity index is 1.43. The summed E-state index contributed by atoms with van der Waals surface area (Å²) in [6, 6.07) is 1.57. The van der Waals surface area contributed by atoms with Crippen molar-refractivity contribution in [1.29, 1.82) is 0 Å². The van der Waals surface area contributed by atoms with Gasteiger partial charge in [0, 0.05) is 43.7 Å². The van der Waals surface area contributed by atoms with Crippen molar-refractivity contribution >= 4 is 0 Å². The molecule has 148 valence electrons. The average Bonchev–Trinajstić information content (AvgIpc) is 2.60. The summed E-state index contributed by atoms with van der Waals surface area (Å²) in [5.74, 6) is 1.73. The van der Waals surface area contributed by atoms with Crippen LogP contribution in [0.5, 0.6) is 0 Å². The molecule has 0 radical (unpaired) electrons. The van der Waals surface area contributed by atoms with E-state index in [9.17, 15) is 10.2 Å². The lowest BCUT2D eigenvalue weighted by Crippen LogP contribution is -2.75. The van der Waals surface area contributed by atoms with Crippen molar-refractivity contribution < 1.29 is 10.2 Å². The van der Waals surface area contributed by atoms with Crippen molar-refractivity contribution in [2.45, 2.75) is 62.9 Å². The minimum atomic E-state index is -0.196. The Labute approximate surface area is 157 Å². The first-order valence-corrected chi connectivity index (χ1v) is 10.8. The second-order valence-corrected chi connectivity index (χ2v) is 9.77. The maximum Gasteiger partial charge on any atom is 0.0703 e. The van der Waals surface area contributed by atoms with E-state index in [1.165, 1.54) is 0 Å². The molecule has 5 aliphatic rings. The van der Waals surface area contributed by atoms with Crippen LogP contribution in [0, 0.1) is 17.8 Å². The maximum absolute atomic E-state index is 11.1. The second kappa shape index (κ2) is 6.68. The molecule has 3 aliphatic heterocycles. The Morgan fingerprint density at radius 3 is 2.54 bits per heavy atom. The van der Waals surface area contributed by atoms with E-state index in [1.54, 1.807) is 0 Å². The number of fused-ring (bicyclic) bond motifs is 8. The van der Waals surface area contributed by atoms with Gasteiger partial charge in [-0.3, -0.25) is 19.6 Å². The van der Waals surface area contributed by atoms with E-state index in [4.69, 9.17) is 0 Å². The molecule has 3 saturated heterocycles. The zero-order valence-electron chi connectivity index (χ0n) is 16.4. The van der Waals surface area contributed by atoms with Gasteiger partial charge in [-0.05, 0) is 51.1 Å². The fourth-order valence-corrected chi connectivity index (χ4v) is 7.36. The Hall–Kier alpha value is -0.240. The van der Waals surface area contributed by atoms with Crippen LogP contribution in [-0.2, 0) is 0 Å². The maximum atomic E-state index is 11.1. The van der Waals surface area contributed by atoms with Crippen molar-refractivity contribution in [2.75, 3.05) is 46.6 Å². The number of nitrogens with zero attached hydrogens (tertiary/aromatic N) is 4. The summed E-state index contributed by atoms with van der Waals surface area (Å²) >= 11 is 0. The molecule has 6 nitrogen and oxygen atoms in total. The minimum absolute atomic E-state index is 0.113. The van der Waals surface area contributed by atoms with Crippen LogP contribution in [0.15, 0.2) is 0 Å². The lowest BCUT2D eigenvalue weighted by atomic mass is 9.67. The molecule has 2 bridgehead atoms. The molecule has 0 aromatic rings. The van der Waals surface area contributed by atoms with Gasteiger partial charge in [0.25, 0.3) is 0 Å². The highest BCUT2D eigenvalue weighted by Crippen LogP contribution is 2.45. The standard InChI is InChI=1S/C20H36N4O2/c1-3-22-11-21(2)8-14-7-18(26)20-16(19(14)22)10-23-12-24(20)9-13-6-15(25)4-5-17(13)23/h13-20,25-26H,3-12H2,1-2H3. The van der Waals surface area contributed by atoms with Gasteiger partial charge in [0.05, 0.1) is 25.5 Å². The van der Waals surface area contributed by atoms with E-state index in [0.29, 0.717) is 35.9 Å². The zero-order valence-corrected chi connectivity index (χ0v) is 16.4. The molecule has 10 atom stereocenters. The summed E-state index contributed by atoms with van der Waals surface area (Å²) in [6.45, 7) is 8.81. The normalized spacial score (nSPS) is 54.9. The van der Waals surface area contributed by atoms with Crippen molar-refractivity contribution in [3.63, 3.8) is 0 Å². The van der Waals surface area contributed by atoms with Crippen LogP contribution in [0.4, 0.5) is 0 Å². The van der Waals surface area contributed by atoms with Gasteiger partial charge >= 0.3 is 0 Å². The van der Waals surface area contributed by atoms with E-state index >= 15 is 0 Å². The van der Waals surface area contributed by atoms with Crippen molar-refractivity contribution in [2.24, 2.45) is 17.8 Å². The summed E-state index contributed by atoms with van der Waals surface area (Å²) in [5.41, 5.74) is 0. The highest BCUT2D eigenvalue weighted by atomic mass is 16.3. The number of aliphatic hydroxyl groups excluding tert-OH is 2. The molecule has 5 rings (SSSR count). The number of rotatable bonds is 1. The Morgan fingerprint density at radius 1 is 0.885 bits per heavy atom. The molecule has 5 fully saturated rings. The summed E-state index contributed by atoms with van der Waals surface area (Å²) in [4.78, 5) is 10.4. The van der Waals surface area contributed by atoms with Crippen LogP contribution in [0.3, 0.4) is 0 Å². The zero-order chi connectivity index (χ0) is 18.0. The van der Waals surface area contributed by atoms with Gasteiger partial charge in [0.15, 0.2) is 0 Å². The summed E-state index contributed by atoms with van der Waals surface area (Å²) in [6.07, 6.45) is 3.69. The fraction of sp³-hybridized carbons (Fsp3) is 1.00. The van der Waals surface area contributed by atoms with Crippen LogP contribution in [0.25, 0.3) is 0 Å². The van der Waals surface area contributed by atoms with Crippen LogP contribution < -0.4 is 0 Å². The van der Waals surface area contributed by atoms with Crippen LogP contribution >= 0.6 is 0 Å². The van der Waals surface area contributed by atoms with Crippen LogP contribution in [0.1, 0.15) is 32.6 Å². The third-order valence-corrected chi connectivity index (χ3v) is 8.18. The van der Waals surface area contributed by atoms with Crippen molar-refractivity contribution in [3.05, 3.63) is 0 Å². The minimum Gasteiger partial charge on any atom is -0.393 e. The number of aliphatic hydroxyl groups is 2. The lowest BCUT2D eigenvalue weighted by Gasteiger charge is -2.63. The van der Waals surface area contributed by atoms with E-state index in [1.807, 2.05) is 0 Å². The molecule has 0 amide bonds. The van der Waals surface area contributed by atoms with Gasteiger partial charge in [-0.25, -0.2) is 0 Å². The van der Waals surface area contributed by atoms with E-state index in [2.05, 4.69) is 33.6 Å². The van der Waals surface area contributed by atoms with Gasteiger partial charge in [-0.1, -0.05) is 6.92 Å². The fourth-order valence-electron chi connectivity index (χ4n) is 7.36. The second-order valence-electron chi connectivity index (χ2n) is 9.77. The summed E-state index contributed by atoms with van der Waals surface area (Å²) < 4.78 is 0. The summed E-state index contributed by atoms with van der Waals surface area (Å²) in [7, 11) is 2.22. The van der Waals surface area contributed by atoms with Gasteiger partial charge in [-0.15, -0.1) is 0 Å². The van der Waals surface area contributed by atoms with Crippen molar-refractivity contribution in [3.8, 4) is 0 Å². The molecule has 10 unspecified atom stereocenters. The molecule has 0 aromatic carbocycles. The molecular weight excluding hydrogens is 328 g/mol. The van der Waals surface area contributed by atoms with Gasteiger partial charge in [0.2, 0.25) is 0 Å². The molecule has 3 heterocycles. The lowest BCUT2D eigenvalue weighted by molar-refractivity contribution is -0.186. The molecule has 0 aromatic heterocycles. The average molecular weight is 365 g/mol. The number of hydrogen-bond donors (Lipinski definition) is 2. The van der Waals surface area contributed by atoms with Gasteiger partial charge in [-0.2, -0.15) is 0 Å². The molecule has 2 saturated carbocycles. The van der Waals surface area contributed by atoms with Gasteiger partial charge in [0.1, 0.15) is 0 Å². The van der Waals surface area contributed by atoms with Crippen molar-refractivity contribution in [1.82, 2.24) is 19.6 Å². The first-order valence-electron chi connectivity index (χ1n) is 10.8. The highest BCUT2D eigenvalue weighted by Gasteiger charge is 2.55. The predicted octanol–water partition coefficient (Wildman–Crippen LogP) is 0.0637. The topological polar surface area (TPSA) is 53.4 Å². The first kappa shape index (κ1) is 17.8. The van der Waals surface area contributed by atoms with Crippen LogP contribution in [0.2, 0.25) is 0 Å². The van der Waals surface area contributed by atoms with E-state index < -0.39 is 0 Å². The molecule has 2 N–H and O–H groups in total. The SMILES string of the molecule is CCN1CN(C)CC2CC(O)C3C(CN4CN3CC3CC(O)CCC34)C21. The Bertz CT molecular complexity index is 534. The third kappa shape index (κ3) is 2.76. The first-order chi connectivity index (χ1) is 12.5. The molecule has 0 spiro atoms. The highest BCUT2D eigenvalue weighted by molar-refractivity contribution is 5.09. The van der Waals surface area contributed by atoms with Crippen LogP contribution in [-0.4, -0.2) is 107 Å². The summed E-state index contributed by atoms with van der Waals surface area (Å²) in [5, 5.41) is 21.2. The molecule has 6 heteroatoms.